The van der Waals surface area contributed by atoms with Crippen molar-refractivity contribution in [1.82, 2.24) is 9.97 Å². The summed E-state index contributed by atoms with van der Waals surface area (Å²) in [6.45, 7) is 18.5. The maximum absolute atomic E-state index is 5.27. The minimum atomic E-state index is -0.0389. The first kappa shape index (κ1) is 32.2. The number of rotatable bonds is 0. The Kier molecular flexibility index (Phi) is 6.92. The summed E-state index contributed by atoms with van der Waals surface area (Å²) < 4.78 is 0. The van der Waals surface area contributed by atoms with Gasteiger partial charge < -0.3 is 4.99 Å². The van der Waals surface area contributed by atoms with Gasteiger partial charge in [-0.3, -0.25) is 9.97 Å². The van der Waals surface area contributed by atoms with Crippen LogP contribution in [0.2, 0.25) is 0 Å². The third kappa shape index (κ3) is 4.20. The number of hydrogen-bond acceptors (Lipinski definition) is 3. The van der Waals surface area contributed by atoms with Gasteiger partial charge in [-0.05, 0) is 45.4 Å². The van der Waals surface area contributed by atoms with Gasteiger partial charge in [-0.2, -0.15) is 24.3 Å². The molecule has 3 nitrogen and oxygen atoms in total. The zero-order valence-corrected chi connectivity index (χ0v) is 31.8. The first-order chi connectivity index (χ1) is 22.8. The Morgan fingerprint density at radius 3 is 1.76 bits per heavy atom. The Hall–Kier alpha value is -3.98. The number of allylic oxidation sites excluding steroid dienone is 1. The van der Waals surface area contributed by atoms with Crippen LogP contribution in [0, 0.1) is 24.1 Å². The molecule has 0 radical (unpaired) electrons. The molecule has 0 saturated heterocycles. The zero-order chi connectivity index (χ0) is 33.4. The summed E-state index contributed by atoms with van der Waals surface area (Å²) in [5.74, 6) is 0.401. The van der Waals surface area contributed by atoms with Gasteiger partial charge in [0.1, 0.15) is 0 Å². The van der Waals surface area contributed by atoms with Crippen molar-refractivity contribution in [3.8, 4) is 22.5 Å². The van der Waals surface area contributed by atoms with Gasteiger partial charge in [0.2, 0.25) is 0 Å². The van der Waals surface area contributed by atoms with Crippen LogP contribution in [0.5, 0.6) is 0 Å². The summed E-state index contributed by atoms with van der Waals surface area (Å²) in [5.41, 5.74) is 17.4. The van der Waals surface area contributed by atoms with Gasteiger partial charge in [-0.1, -0.05) is 113 Å². The summed E-state index contributed by atoms with van der Waals surface area (Å²) in [6, 6.07) is 34.3. The van der Waals surface area contributed by atoms with Gasteiger partial charge >= 0.3 is 20.1 Å². The van der Waals surface area contributed by atoms with E-state index in [2.05, 4.69) is 132 Å². The van der Waals surface area contributed by atoms with E-state index in [1.807, 2.05) is 36.7 Å². The van der Waals surface area contributed by atoms with Crippen LogP contribution in [0.4, 0.5) is 0 Å². The second-order valence-corrected chi connectivity index (χ2v) is 16.2. The maximum Gasteiger partial charge on any atom is 3.00 e. The molecule has 5 aromatic rings. The topological polar surface area (TPSA) is 38.1 Å². The first-order valence-corrected chi connectivity index (χ1v) is 17.2. The maximum atomic E-state index is 5.27. The monoisotopic (exact) mass is 815 g/mol. The molecule has 3 heterocycles. The Labute approximate surface area is 304 Å². The van der Waals surface area contributed by atoms with Gasteiger partial charge in [0, 0.05) is 29.8 Å². The zero-order valence-electron chi connectivity index (χ0n) is 29.4. The predicted octanol–water partition coefficient (Wildman–Crippen LogP) is 9.84. The molecule has 5 aliphatic rings. The van der Waals surface area contributed by atoms with Gasteiger partial charge in [0.25, 0.3) is 0 Å². The number of nitrogens with zero attached hydrogens (tertiary/aromatic N) is 3. The van der Waals surface area contributed by atoms with Crippen LogP contribution in [0.1, 0.15) is 106 Å². The number of pyridine rings is 2. The normalized spacial score (nSPS) is 22.2. The third-order valence-corrected chi connectivity index (χ3v) is 12.2. The molecule has 2 unspecified atom stereocenters. The third-order valence-electron chi connectivity index (χ3n) is 12.2. The van der Waals surface area contributed by atoms with Crippen LogP contribution in [-0.4, -0.2) is 15.7 Å². The van der Waals surface area contributed by atoms with E-state index >= 15 is 0 Å². The van der Waals surface area contributed by atoms with Crippen molar-refractivity contribution in [1.29, 1.82) is 0 Å². The minimum Gasteiger partial charge on any atom is -0.326 e. The van der Waals surface area contributed by atoms with Gasteiger partial charge in [-0.25, -0.2) is 0 Å². The van der Waals surface area contributed by atoms with Crippen molar-refractivity contribution in [2.45, 2.75) is 83.1 Å². The van der Waals surface area contributed by atoms with Crippen LogP contribution in [0.3, 0.4) is 0 Å². The van der Waals surface area contributed by atoms with Crippen LogP contribution in [0.15, 0.2) is 95.8 Å². The van der Waals surface area contributed by atoms with Crippen molar-refractivity contribution >= 4 is 5.71 Å². The average Bonchev–Trinajstić information content (AvgIpc) is 3.65. The van der Waals surface area contributed by atoms with Crippen molar-refractivity contribution in [3.05, 3.63) is 153 Å². The van der Waals surface area contributed by atoms with E-state index in [1.54, 1.807) is 0 Å². The SMILES string of the molecule is CC1(C)C2=CC3C(N=C2c2[c-]cccc21)c1[c-]cccc1C3(C)C.CC1(C)c2cc3c([c-]c2-c2ncccc21)-c1ncccc1C3(C)C.[Ir+3]. The molecular weight excluding hydrogens is 775 g/mol. The molecule has 0 bridgehead atoms. The smallest absolute Gasteiger partial charge is 0.326 e. The van der Waals surface area contributed by atoms with Gasteiger partial charge in [0.15, 0.2) is 0 Å². The van der Waals surface area contributed by atoms with Crippen molar-refractivity contribution in [2.24, 2.45) is 10.9 Å². The molecule has 10 rings (SSSR count). The first-order valence-electron chi connectivity index (χ1n) is 17.2. The fraction of sp³-hybridized carbons (Fsp3) is 0.311. The summed E-state index contributed by atoms with van der Waals surface area (Å²) >= 11 is 0. The summed E-state index contributed by atoms with van der Waals surface area (Å²) in [5, 5.41) is 0. The molecule has 1 aliphatic heterocycles. The summed E-state index contributed by atoms with van der Waals surface area (Å²) in [7, 11) is 0. The molecule has 0 saturated carbocycles. The van der Waals surface area contributed by atoms with Gasteiger partial charge in [-0.15, -0.1) is 58.7 Å². The van der Waals surface area contributed by atoms with E-state index in [1.165, 1.54) is 50.1 Å². The molecule has 2 atom stereocenters. The molecule has 244 valence electrons. The van der Waals surface area contributed by atoms with Crippen molar-refractivity contribution in [2.75, 3.05) is 0 Å². The molecule has 3 aromatic carbocycles. The van der Waals surface area contributed by atoms with Crippen LogP contribution in [-0.2, 0) is 41.8 Å². The largest absolute Gasteiger partial charge is 3.00 e. The molecular formula is C45H40IrN3. The molecule has 0 fully saturated rings. The molecule has 49 heavy (non-hydrogen) atoms. The van der Waals surface area contributed by atoms with E-state index in [4.69, 9.17) is 4.99 Å². The predicted molar refractivity (Wildman–Crippen MR) is 193 cm³/mol. The van der Waals surface area contributed by atoms with E-state index in [9.17, 15) is 0 Å². The summed E-state index contributed by atoms with van der Waals surface area (Å²) in [4.78, 5) is 14.6. The van der Waals surface area contributed by atoms with Crippen molar-refractivity contribution in [3.63, 3.8) is 0 Å². The van der Waals surface area contributed by atoms with E-state index in [-0.39, 0.29) is 47.8 Å². The number of fused-ring (bicyclic) bond motifs is 12. The average molecular weight is 815 g/mol. The Morgan fingerprint density at radius 2 is 1.14 bits per heavy atom. The molecule has 2 aromatic heterocycles. The van der Waals surface area contributed by atoms with E-state index < -0.39 is 0 Å². The molecule has 4 heteroatoms. The standard InChI is InChI=1S/C23H21N.C22H19N2.Ir/c1-22(2)16-11-7-5-9-14(16)20-18(22)13-19-21(24-20)15-10-6-8-12-17(15)23(19,3)4;1-21(2)15-7-5-9-23-19(15)13-11-14-18(12-17(13)21)22(3,4)16-8-6-10-24-20(14)16;/h5-8,11-13,18,20H,1-4H3;5-10,12H,1-4H3;/q-2;-1;+3. The Morgan fingerprint density at radius 1 is 0.592 bits per heavy atom. The van der Waals surface area contributed by atoms with Crippen LogP contribution < -0.4 is 0 Å². The quantitative estimate of drug-likeness (QED) is 0.146. The number of benzene rings is 3. The van der Waals surface area contributed by atoms with E-state index in [0.29, 0.717) is 5.92 Å². The second-order valence-electron chi connectivity index (χ2n) is 16.2. The number of dihydropyridines is 1. The van der Waals surface area contributed by atoms with Crippen LogP contribution in [0.25, 0.3) is 22.5 Å². The number of aromatic nitrogens is 2. The van der Waals surface area contributed by atoms with E-state index in [0.717, 1.165) is 28.2 Å². The number of hydrogen-bond donors (Lipinski definition) is 0. The van der Waals surface area contributed by atoms with Crippen molar-refractivity contribution < 1.29 is 20.1 Å². The fourth-order valence-electron chi connectivity index (χ4n) is 9.34. The fourth-order valence-corrected chi connectivity index (χ4v) is 9.34. The molecule has 0 spiro atoms. The molecule has 0 amide bonds. The number of aliphatic imine (C=N–C) groups is 1. The Balaban J connectivity index is 0.000000139. The second kappa shape index (κ2) is 10.5. The van der Waals surface area contributed by atoms with Crippen LogP contribution >= 0.6 is 0 Å². The molecule has 4 aliphatic carbocycles. The molecule has 0 N–H and O–H groups in total. The minimum absolute atomic E-state index is 0. The van der Waals surface area contributed by atoms with Gasteiger partial charge in [0.05, 0.1) is 0 Å². The summed E-state index contributed by atoms with van der Waals surface area (Å²) in [6.07, 6.45) is 6.26. The Bertz CT molecular complexity index is 2190.